The number of carbonyl (C=O) groups excluding carboxylic acids is 1. The van der Waals surface area contributed by atoms with E-state index in [2.05, 4.69) is 0 Å². The maximum absolute atomic E-state index is 12.5. The highest BCUT2D eigenvalue weighted by Crippen LogP contribution is 2.35. The molecule has 0 saturated carbocycles. The number of nitrogens with zero attached hydrogens (tertiary/aromatic N) is 1. The third-order valence-corrected chi connectivity index (χ3v) is 5.03. The molecule has 1 aromatic carbocycles. The smallest absolute Gasteiger partial charge is 0.227 e. The van der Waals surface area contributed by atoms with Crippen molar-refractivity contribution >= 4 is 17.5 Å². The molecule has 1 atom stereocenters. The van der Waals surface area contributed by atoms with Crippen LogP contribution in [0.1, 0.15) is 18.4 Å². The van der Waals surface area contributed by atoms with Gasteiger partial charge < -0.3 is 24.6 Å². The molecule has 0 bridgehead atoms. The number of ether oxygens (including phenoxy) is 2. The van der Waals surface area contributed by atoms with Crippen LogP contribution in [0.4, 0.5) is 0 Å². The van der Waals surface area contributed by atoms with Crippen LogP contribution in [0.5, 0.6) is 11.5 Å². The zero-order chi connectivity index (χ0) is 17.1. The summed E-state index contributed by atoms with van der Waals surface area (Å²) in [6, 6.07) is 3.47. The average Bonchev–Trinajstić information content (AvgIpc) is 2.61. The van der Waals surface area contributed by atoms with Gasteiger partial charge in [0, 0.05) is 24.2 Å². The van der Waals surface area contributed by atoms with Gasteiger partial charge in [0.25, 0.3) is 0 Å². The number of rotatable bonds is 4. The van der Waals surface area contributed by atoms with Gasteiger partial charge in [0.15, 0.2) is 11.5 Å². The van der Waals surface area contributed by atoms with E-state index in [1.54, 1.807) is 17.0 Å². The van der Waals surface area contributed by atoms with Gasteiger partial charge in [-0.3, -0.25) is 4.79 Å². The SMILES string of the molecule is O=C(Cc1cc2c(cc1Cl)OCCO2)N1CCC(C(O)CO)CC1. The second-order valence-electron chi connectivity index (χ2n) is 6.23. The van der Waals surface area contributed by atoms with Crippen LogP contribution in [0.3, 0.4) is 0 Å². The Hall–Kier alpha value is -1.50. The van der Waals surface area contributed by atoms with Gasteiger partial charge in [-0.25, -0.2) is 0 Å². The predicted octanol–water partition coefficient (Wildman–Crippen LogP) is 1.25. The van der Waals surface area contributed by atoms with Crippen LogP contribution < -0.4 is 9.47 Å². The second kappa shape index (κ2) is 7.59. The van der Waals surface area contributed by atoms with Crippen LogP contribution in [-0.2, 0) is 11.2 Å². The molecule has 2 heterocycles. The van der Waals surface area contributed by atoms with Gasteiger partial charge in [-0.05, 0) is 30.4 Å². The Labute approximate surface area is 145 Å². The number of likely N-dealkylation sites (tertiary alicyclic amines) is 1. The summed E-state index contributed by atoms with van der Waals surface area (Å²) in [4.78, 5) is 14.3. The average molecular weight is 356 g/mol. The molecule has 1 amide bonds. The summed E-state index contributed by atoms with van der Waals surface area (Å²) in [5.41, 5.74) is 0.725. The third-order valence-electron chi connectivity index (χ3n) is 4.68. The highest BCUT2D eigenvalue weighted by molar-refractivity contribution is 6.31. The number of piperidine rings is 1. The quantitative estimate of drug-likeness (QED) is 0.849. The van der Waals surface area contributed by atoms with Crippen LogP contribution in [-0.4, -0.2) is 60.0 Å². The molecular formula is C17H22ClNO5. The van der Waals surface area contributed by atoms with Gasteiger partial charge in [0.05, 0.1) is 19.1 Å². The first-order valence-corrected chi connectivity index (χ1v) is 8.61. The number of hydrogen-bond acceptors (Lipinski definition) is 5. The number of hydrogen-bond donors (Lipinski definition) is 2. The Balaban J connectivity index is 1.61. The van der Waals surface area contributed by atoms with E-state index in [-0.39, 0.29) is 24.9 Å². The van der Waals surface area contributed by atoms with E-state index < -0.39 is 6.10 Å². The first-order valence-electron chi connectivity index (χ1n) is 8.23. The molecule has 2 aliphatic rings. The van der Waals surface area contributed by atoms with Crippen molar-refractivity contribution in [2.75, 3.05) is 32.9 Å². The van der Waals surface area contributed by atoms with Crippen molar-refractivity contribution in [2.24, 2.45) is 5.92 Å². The van der Waals surface area contributed by atoms with Gasteiger partial charge in [0.1, 0.15) is 13.2 Å². The van der Waals surface area contributed by atoms with E-state index in [1.165, 1.54) is 0 Å². The Morgan fingerprint density at radius 1 is 1.25 bits per heavy atom. The number of aliphatic hydroxyl groups is 2. The topological polar surface area (TPSA) is 79.2 Å². The van der Waals surface area contributed by atoms with Crippen LogP contribution in [0.25, 0.3) is 0 Å². The molecule has 2 aliphatic heterocycles. The van der Waals surface area contributed by atoms with Crippen LogP contribution >= 0.6 is 11.6 Å². The Morgan fingerprint density at radius 3 is 2.50 bits per heavy atom. The minimum atomic E-state index is -0.700. The van der Waals surface area contributed by atoms with E-state index in [1.807, 2.05) is 0 Å². The number of benzene rings is 1. The summed E-state index contributed by atoms with van der Waals surface area (Å²) in [6.45, 7) is 1.93. The number of halogens is 1. The van der Waals surface area contributed by atoms with Crippen molar-refractivity contribution in [1.29, 1.82) is 0 Å². The monoisotopic (exact) mass is 355 g/mol. The molecule has 0 aliphatic carbocycles. The zero-order valence-electron chi connectivity index (χ0n) is 13.4. The molecule has 1 fully saturated rings. The van der Waals surface area contributed by atoms with Crippen molar-refractivity contribution in [3.63, 3.8) is 0 Å². The lowest BCUT2D eigenvalue weighted by Crippen LogP contribution is -2.42. The van der Waals surface area contributed by atoms with Gasteiger partial charge in [-0.1, -0.05) is 11.6 Å². The molecule has 1 unspecified atom stereocenters. The largest absolute Gasteiger partial charge is 0.486 e. The standard InChI is InChI=1S/C17H22ClNO5/c18-13-9-16-15(23-5-6-24-16)7-12(13)8-17(22)19-3-1-11(2-4-19)14(21)10-20/h7,9,11,14,20-21H,1-6,8,10H2. The predicted molar refractivity (Wildman–Crippen MR) is 88.5 cm³/mol. The fraction of sp³-hybridized carbons (Fsp3) is 0.588. The summed E-state index contributed by atoms with van der Waals surface area (Å²) >= 11 is 6.26. The molecule has 24 heavy (non-hydrogen) atoms. The minimum absolute atomic E-state index is 0.00511. The summed E-state index contributed by atoms with van der Waals surface area (Å²) in [7, 11) is 0. The number of fused-ring (bicyclic) bond motifs is 1. The second-order valence-corrected chi connectivity index (χ2v) is 6.64. The van der Waals surface area contributed by atoms with Gasteiger partial charge >= 0.3 is 0 Å². The summed E-state index contributed by atoms with van der Waals surface area (Å²) in [5, 5.41) is 19.2. The maximum Gasteiger partial charge on any atom is 0.227 e. The number of carbonyl (C=O) groups is 1. The molecule has 7 heteroatoms. The van der Waals surface area contributed by atoms with Crippen LogP contribution in [0.15, 0.2) is 12.1 Å². The molecule has 3 rings (SSSR count). The minimum Gasteiger partial charge on any atom is -0.486 e. The van der Waals surface area contributed by atoms with Crippen molar-refractivity contribution in [3.05, 3.63) is 22.7 Å². The Morgan fingerprint density at radius 2 is 1.88 bits per heavy atom. The molecular weight excluding hydrogens is 334 g/mol. The molecule has 132 valence electrons. The molecule has 6 nitrogen and oxygen atoms in total. The fourth-order valence-electron chi connectivity index (χ4n) is 3.20. The summed E-state index contributed by atoms with van der Waals surface area (Å²) < 4.78 is 11.0. The van der Waals surface area contributed by atoms with Crippen molar-refractivity contribution in [2.45, 2.75) is 25.4 Å². The van der Waals surface area contributed by atoms with Crippen molar-refractivity contribution in [3.8, 4) is 11.5 Å². The van der Waals surface area contributed by atoms with E-state index in [0.29, 0.717) is 55.7 Å². The summed E-state index contributed by atoms with van der Waals surface area (Å²) in [5.74, 6) is 1.29. The molecule has 1 aromatic rings. The number of aliphatic hydroxyl groups excluding tert-OH is 2. The lowest BCUT2D eigenvalue weighted by molar-refractivity contribution is -0.132. The molecule has 0 radical (unpaired) electrons. The highest BCUT2D eigenvalue weighted by Gasteiger charge is 2.27. The molecule has 1 saturated heterocycles. The molecule has 2 N–H and O–H groups in total. The van der Waals surface area contributed by atoms with Crippen LogP contribution in [0, 0.1) is 5.92 Å². The van der Waals surface area contributed by atoms with E-state index in [9.17, 15) is 9.90 Å². The van der Waals surface area contributed by atoms with Crippen molar-refractivity contribution < 1.29 is 24.5 Å². The maximum atomic E-state index is 12.5. The normalized spacial score (nSPS) is 19.2. The Bertz CT molecular complexity index is 601. The third kappa shape index (κ3) is 3.77. The molecule has 0 spiro atoms. The van der Waals surface area contributed by atoms with Crippen molar-refractivity contribution in [1.82, 2.24) is 4.90 Å². The zero-order valence-corrected chi connectivity index (χ0v) is 14.2. The lowest BCUT2D eigenvalue weighted by atomic mass is 9.91. The number of amides is 1. The first kappa shape index (κ1) is 17.3. The summed E-state index contributed by atoms with van der Waals surface area (Å²) in [6.07, 6.45) is 0.905. The Kier molecular flexibility index (Phi) is 5.48. The van der Waals surface area contributed by atoms with Gasteiger partial charge in [0.2, 0.25) is 5.91 Å². The molecule has 0 aromatic heterocycles. The van der Waals surface area contributed by atoms with Crippen LogP contribution in [0.2, 0.25) is 5.02 Å². The van der Waals surface area contributed by atoms with Gasteiger partial charge in [-0.15, -0.1) is 0 Å². The van der Waals surface area contributed by atoms with Gasteiger partial charge in [-0.2, -0.15) is 0 Å². The van der Waals surface area contributed by atoms with E-state index in [4.69, 9.17) is 26.2 Å². The van der Waals surface area contributed by atoms with E-state index >= 15 is 0 Å². The first-order chi connectivity index (χ1) is 11.6. The lowest BCUT2D eigenvalue weighted by Gasteiger charge is -2.34. The van der Waals surface area contributed by atoms with E-state index in [0.717, 1.165) is 5.56 Å². The fourth-order valence-corrected chi connectivity index (χ4v) is 3.42. The highest BCUT2D eigenvalue weighted by atomic mass is 35.5.